The van der Waals surface area contributed by atoms with Crippen LogP contribution in [0.5, 0.6) is 0 Å². The summed E-state index contributed by atoms with van der Waals surface area (Å²) in [7, 11) is 0. The molecule has 34 heavy (non-hydrogen) atoms. The zero-order valence-corrected chi connectivity index (χ0v) is 26.9. The Kier molecular flexibility index (Phi) is 10.9. The van der Waals surface area contributed by atoms with E-state index in [1.54, 1.807) is 22.3 Å². The molecule has 0 spiro atoms. The molecule has 2 aromatic rings. The molecule has 2 aliphatic carbocycles. The van der Waals surface area contributed by atoms with Crippen molar-refractivity contribution in [2.45, 2.75) is 70.6 Å². The summed E-state index contributed by atoms with van der Waals surface area (Å²) in [5.41, 5.74) is 12.2. The molecule has 4 heteroatoms. The molecule has 0 fully saturated rings. The van der Waals surface area contributed by atoms with Gasteiger partial charge in [-0.3, -0.25) is 0 Å². The molecule has 2 unspecified atom stereocenters. The first kappa shape index (κ1) is 29.6. The van der Waals surface area contributed by atoms with Gasteiger partial charge in [-0.05, 0) is 0 Å². The summed E-state index contributed by atoms with van der Waals surface area (Å²) in [6.45, 7) is 17.2. The zero-order valence-electron chi connectivity index (χ0n) is 21.8. The maximum Gasteiger partial charge on any atom is -0.147 e. The van der Waals surface area contributed by atoms with Crippen molar-refractivity contribution < 1.29 is 20.4 Å². The predicted molar refractivity (Wildman–Crippen MR) is 154 cm³/mol. The molecule has 182 valence electrons. The third-order valence-corrected chi connectivity index (χ3v) is 26.4. The van der Waals surface area contributed by atoms with Gasteiger partial charge >= 0.3 is 205 Å². The number of allylic oxidation sites excluding steroid dienone is 5. The number of rotatable bonds is 6. The minimum atomic E-state index is -1.93. The molecule has 0 saturated carbocycles. The van der Waals surface area contributed by atoms with Crippen LogP contribution in [-0.4, -0.2) is 5.43 Å². The second kappa shape index (κ2) is 12.5. The van der Waals surface area contributed by atoms with Crippen molar-refractivity contribution >= 4 is 35.8 Å². The smallest absolute Gasteiger partial charge is 0.147 e. The minimum Gasteiger partial charge on any atom is -0.147 e. The molecule has 0 aliphatic heterocycles. The molecule has 0 heterocycles. The van der Waals surface area contributed by atoms with Crippen LogP contribution in [-0.2, 0) is 26.8 Å². The van der Waals surface area contributed by atoms with Crippen LogP contribution in [0.4, 0.5) is 0 Å². The van der Waals surface area contributed by atoms with Crippen LogP contribution in [0.1, 0.15) is 73.3 Å². The van der Waals surface area contributed by atoms with Gasteiger partial charge < -0.3 is 0 Å². The van der Waals surface area contributed by atoms with Gasteiger partial charge in [-0.1, -0.05) is 0 Å². The molecule has 2 aromatic carbocycles. The third-order valence-electron chi connectivity index (χ3n) is 7.81. The van der Waals surface area contributed by atoms with Gasteiger partial charge in [-0.2, -0.15) is 0 Å². The topological polar surface area (TPSA) is 0 Å². The molecule has 4 rings (SSSR count). The van der Waals surface area contributed by atoms with Gasteiger partial charge in [0.25, 0.3) is 0 Å². The number of unbranched alkanes of at least 4 members (excludes halogenated alkanes) is 1. The standard InChI is InChI=1S/C19H19.C9H13.C2H6Si.2ClH.Zr/c1-2-3-8-15-9-4-6-11-17(15)19-14-13-16-10-5-7-12-18(16)19;1-6-5-7(2)9(4)8(6)3;1-3-2;;;/h4-7,9-14H,2-3,8H2,1H3;6H,1-4H3;1-2H3;2*1H;. The molecule has 0 amide bonds. The number of hydrogen-bond acceptors (Lipinski definition) is 0. The Morgan fingerprint density at radius 2 is 1.47 bits per heavy atom. The van der Waals surface area contributed by atoms with Crippen LogP contribution >= 0.6 is 24.8 Å². The van der Waals surface area contributed by atoms with Crippen LogP contribution in [0, 0.1) is 5.92 Å². The molecular weight excluding hydrogens is 551 g/mol. The van der Waals surface area contributed by atoms with Crippen molar-refractivity contribution in [3.63, 3.8) is 0 Å². The summed E-state index contributed by atoms with van der Waals surface area (Å²) in [4.78, 5) is 0. The van der Waals surface area contributed by atoms with Crippen molar-refractivity contribution in [3.05, 3.63) is 96.9 Å². The Morgan fingerprint density at radius 1 is 0.853 bits per heavy atom. The van der Waals surface area contributed by atoms with Crippen LogP contribution in [0.25, 0.3) is 5.57 Å². The SMILES string of the molecule is CCCCc1ccccc1C1=C[CH]([Zr]([C]2=C(C)C(C)=C(C)C2C)=[Si](C)C)c2ccccc21.Cl.Cl. The Balaban J connectivity index is 0.00000204. The van der Waals surface area contributed by atoms with Gasteiger partial charge in [0, 0.05) is 0 Å². The predicted octanol–water partition coefficient (Wildman–Crippen LogP) is 9.49. The van der Waals surface area contributed by atoms with Gasteiger partial charge in [0.2, 0.25) is 0 Å². The van der Waals surface area contributed by atoms with Crippen LogP contribution in [0.2, 0.25) is 13.1 Å². The second-order valence-electron chi connectivity index (χ2n) is 9.89. The number of fused-ring (bicyclic) bond motifs is 1. The quantitative estimate of drug-likeness (QED) is 0.294. The molecule has 0 aromatic heterocycles. The molecule has 2 aliphatic rings. The molecule has 0 bridgehead atoms. The molecule has 0 radical (unpaired) electrons. The Bertz CT molecular complexity index is 1180. The summed E-state index contributed by atoms with van der Waals surface area (Å²) in [6, 6.07) is 18.6. The monoisotopic (exact) mass is 588 g/mol. The number of benzene rings is 2. The average molecular weight is 591 g/mol. The fraction of sp³-hybridized carbons (Fsp3) is 0.400. The molecule has 2 atom stereocenters. The van der Waals surface area contributed by atoms with Crippen molar-refractivity contribution in [2.75, 3.05) is 0 Å². The normalized spacial score (nSPS) is 18.9. The summed E-state index contributed by atoms with van der Waals surface area (Å²) >= 11 is -1.93. The van der Waals surface area contributed by atoms with E-state index in [2.05, 4.69) is 102 Å². The fourth-order valence-electron chi connectivity index (χ4n) is 5.75. The largest absolute Gasteiger partial charge is 0.147 e. The van der Waals surface area contributed by atoms with Gasteiger partial charge in [0.05, 0.1) is 0 Å². The van der Waals surface area contributed by atoms with E-state index < -0.39 is 20.4 Å². The van der Waals surface area contributed by atoms with Crippen molar-refractivity contribution in [1.29, 1.82) is 0 Å². The van der Waals surface area contributed by atoms with Crippen molar-refractivity contribution in [1.82, 2.24) is 0 Å². The number of halogens is 2. The average Bonchev–Trinajstić information content (AvgIpc) is 3.25. The van der Waals surface area contributed by atoms with Gasteiger partial charge in [-0.15, -0.1) is 24.8 Å². The Labute approximate surface area is 228 Å². The first-order valence-electron chi connectivity index (χ1n) is 12.3. The maximum atomic E-state index is 2.73. The van der Waals surface area contributed by atoms with Gasteiger partial charge in [-0.25, -0.2) is 0 Å². The minimum absolute atomic E-state index is 0. The van der Waals surface area contributed by atoms with E-state index in [0.29, 0.717) is 9.54 Å². The second-order valence-corrected chi connectivity index (χ2v) is 27.3. The Hall–Kier alpha value is -0.660. The first-order chi connectivity index (χ1) is 15.4. The van der Waals surface area contributed by atoms with Crippen LogP contribution in [0.3, 0.4) is 0 Å². The summed E-state index contributed by atoms with van der Waals surface area (Å²) < 4.78 is 2.59. The summed E-state index contributed by atoms with van der Waals surface area (Å²) in [5.74, 6) is 0.658. The van der Waals surface area contributed by atoms with E-state index in [4.69, 9.17) is 0 Å². The zero-order chi connectivity index (χ0) is 23.0. The van der Waals surface area contributed by atoms with E-state index in [1.165, 1.54) is 41.5 Å². The first-order valence-corrected chi connectivity index (χ1v) is 21.2. The van der Waals surface area contributed by atoms with E-state index in [-0.39, 0.29) is 30.2 Å². The number of aryl methyl sites for hydroxylation is 1. The molecule has 0 N–H and O–H groups in total. The van der Waals surface area contributed by atoms with Crippen molar-refractivity contribution in [3.8, 4) is 0 Å². The van der Waals surface area contributed by atoms with E-state index in [9.17, 15) is 0 Å². The number of hydrogen-bond donors (Lipinski definition) is 0. The van der Waals surface area contributed by atoms with Gasteiger partial charge in [0.1, 0.15) is 0 Å². The summed E-state index contributed by atoms with van der Waals surface area (Å²) in [6.07, 6.45) is 6.43. The van der Waals surface area contributed by atoms with E-state index in [1.807, 2.05) is 3.28 Å². The van der Waals surface area contributed by atoms with E-state index in [0.717, 1.165) is 0 Å². The maximum absolute atomic E-state index is 2.73. The third kappa shape index (κ3) is 5.36. The van der Waals surface area contributed by atoms with Crippen molar-refractivity contribution in [2.24, 2.45) is 5.92 Å². The van der Waals surface area contributed by atoms with Crippen LogP contribution < -0.4 is 0 Å². The van der Waals surface area contributed by atoms with E-state index >= 15 is 0 Å². The van der Waals surface area contributed by atoms with Crippen LogP contribution in [0.15, 0.2) is 74.6 Å². The summed E-state index contributed by atoms with van der Waals surface area (Å²) in [5, 5.41) is 0. The molecule has 0 nitrogen and oxygen atoms in total. The molecular formula is C30H40Cl2SiZr. The van der Waals surface area contributed by atoms with Gasteiger partial charge in [0.15, 0.2) is 0 Å². The Morgan fingerprint density at radius 3 is 2.06 bits per heavy atom. The molecule has 0 saturated heterocycles. The fourth-order valence-corrected chi connectivity index (χ4v) is 25.4.